The quantitative estimate of drug-likeness (QED) is 0.116. The number of benzene rings is 3. The van der Waals surface area contributed by atoms with Gasteiger partial charge in [-0.2, -0.15) is 10.2 Å². The van der Waals surface area contributed by atoms with E-state index in [-0.39, 0.29) is 46.2 Å². The van der Waals surface area contributed by atoms with Crippen LogP contribution in [0.25, 0.3) is 0 Å². The van der Waals surface area contributed by atoms with E-state index in [2.05, 4.69) is 26.0 Å². The smallest absolute Gasteiger partial charge is 0.292 e. The second-order valence-electron chi connectivity index (χ2n) is 8.74. The van der Waals surface area contributed by atoms with E-state index in [1.54, 1.807) is 12.1 Å². The normalized spacial score (nSPS) is 11.0. The lowest BCUT2D eigenvalue weighted by atomic mass is 10.2. The predicted molar refractivity (Wildman–Crippen MR) is 154 cm³/mol. The Hall–Kier alpha value is -6.25. The van der Waals surface area contributed by atoms with Gasteiger partial charge in [-0.15, -0.1) is 0 Å². The largest absolute Gasteiger partial charge is 0.507 e. The van der Waals surface area contributed by atoms with Crippen LogP contribution in [0.5, 0.6) is 23.0 Å². The fraction of sp³-hybridized carbons (Fsp3) is 0.107. The van der Waals surface area contributed by atoms with Crippen LogP contribution in [-0.2, 0) is 6.54 Å². The number of hydrazone groups is 2. The number of amides is 2. The first-order valence-electron chi connectivity index (χ1n) is 12.4. The number of methoxy groups -OCH3 is 2. The van der Waals surface area contributed by atoms with Gasteiger partial charge in [-0.25, -0.2) is 15.8 Å². The van der Waals surface area contributed by atoms with Crippen LogP contribution in [0.15, 0.2) is 77.2 Å². The van der Waals surface area contributed by atoms with Crippen LogP contribution in [0.3, 0.4) is 0 Å². The summed E-state index contributed by atoms with van der Waals surface area (Å²) in [4.78, 5) is 40.9. The van der Waals surface area contributed by atoms with Crippen LogP contribution < -0.4 is 20.3 Å². The van der Waals surface area contributed by atoms with Crippen molar-refractivity contribution in [3.05, 3.63) is 105 Å². The summed E-state index contributed by atoms with van der Waals surface area (Å²) >= 11 is 0. The number of rotatable bonds is 11. The lowest BCUT2D eigenvalue weighted by molar-refractivity contribution is -0.384. The minimum Gasteiger partial charge on any atom is -0.507 e. The average Bonchev–Trinajstić information content (AvgIpc) is 3.42. The van der Waals surface area contributed by atoms with Gasteiger partial charge in [-0.05, 0) is 42.0 Å². The first kappa shape index (κ1) is 29.7. The van der Waals surface area contributed by atoms with Gasteiger partial charge in [0, 0.05) is 29.8 Å². The van der Waals surface area contributed by atoms with Crippen LogP contribution in [0.2, 0.25) is 0 Å². The number of ether oxygens (including phenoxy) is 2. The number of phenolic OH excluding ortho intramolecular Hbond substituents is 2. The number of hydrogen-bond donors (Lipinski definition) is 4. The fourth-order valence-electron chi connectivity index (χ4n) is 3.78. The molecule has 0 aliphatic rings. The van der Waals surface area contributed by atoms with Crippen molar-refractivity contribution >= 4 is 29.9 Å². The van der Waals surface area contributed by atoms with Gasteiger partial charge in [-0.1, -0.05) is 12.1 Å². The first-order chi connectivity index (χ1) is 20.7. The highest BCUT2D eigenvalue weighted by molar-refractivity contribution is 6.05. The number of carbonyl (C=O) groups is 2. The van der Waals surface area contributed by atoms with Gasteiger partial charge in [0.2, 0.25) is 0 Å². The molecular formula is C28H25N7O8. The number of nitrogens with one attached hydrogen (secondary N) is 2. The number of imidazole rings is 1. The molecule has 4 N–H and O–H groups in total. The van der Waals surface area contributed by atoms with Gasteiger partial charge in [0.1, 0.15) is 28.7 Å². The minimum atomic E-state index is -0.847. The number of aromatic hydroxyl groups is 2. The average molecular weight is 588 g/mol. The lowest BCUT2D eigenvalue weighted by Gasteiger charge is -2.09. The van der Waals surface area contributed by atoms with Crippen molar-refractivity contribution in [1.29, 1.82) is 0 Å². The summed E-state index contributed by atoms with van der Waals surface area (Å²) in [5, 5.41) is 38.8. The monoisotopic (exact) mass is 587 g/mol. The Labute approximate surface area is 243 Å². The van der Waals surface area contributed by atoms with E-state index in [1.165, 1.54) is 86.1 Å². The molecule has 0 bridgehead atoms. The van der Waals surface area contributed by atoms with Crippen molar-refractivity contribution in [3.8, 4) is 23.0 Å². The van der Waals surface area contributed by atoms with Gasteiger partial charge in [0.15, 0.2) is 5.69 Å². The van der Waals surface area contributed by atoms with Crippen molar-refractivity contribution in [2.75, 3.05) is 14.2 Å². The van der Waals surface area contributed by atoms with Crippen LogP contribution >= 0.6 is 0 Å². The Morgan fingerprint density at radius 3 is 1.95 bits per heavy atom. The van der Waals surface area contributed by atoms with Crippen LogP contribution in [0.4, 0.5) is 5.69 Å². The summed E-state index contributed by atoms with van der Waals surface area (Å²) in [6, 6.07) is 14.5. The molecule has 15 nitrogen and oxygen atoms in total. The molecule has 1 aromatic heterocycles. The van der Waals surface area contributed by atoms with Gasteiger partial charge in [0.25, 0.3) is 17.5 Å². The highest BCUT2D eigenvalue weighted by Crippen LogP contribution is 2.22. The van der Waals surface area contributed by atoms with E-state index in [0.717, 1.165) is 0 Å². The van der Waals surface area contributed by atoms with Crippen molar-refractivity contribution < 1.29 is 34.2 Å². The number of hydrogen-bond acceptors (Lipinski definition) is 11. The number of nitro benzene ring substituents is 1. The summed E-state index contributed by atoms with van der Waals surface area (Å²) in [6.45, 7) is 0.0301. The summed E-state index contributed by atoms with van der Waals surface area (Å²) in [7, 11) is 2.91. The van der Waals surface area contributed by atoms with E-state index >= 15 is 0 Å². The summed E-state index contributed by atoms with van der Waals surface area (Å²) in [6.07, 6.45) is 3.63. The van der Waals surface area contributed by atoms with Crippen LogP contribution in [0, 0.1) is 10.1 Å². The van der Waals surface area contributed by atoms with E-state index in [0.29, 0.717) is 17.1 Å². The van der Waals surface area contributed by atoms with Crippen LogP contribution in [-0.4, -0.2) is 63.2 Å². The van der Waals surface area contributed by atoms with E-state index in [4.69, 9.17) is 9.47 Å². The summed E-state index contributed by atoms with van der Waals surface area (Å²) in [5.74, 6) is -0.975. The zero-order chi connectivity index (χ0) is 30.9. The Balaban J connectivity index is 1.60. The molecule has 0 saturated heterocycles. The molecule has 15 heteroatoms. The number of nitrogens with zero attached hydrogens (tertiary/aromatic N) is 5. The van der Waals surface area contributed by atoms with E-state index < -0.39 is 16.7 Å². The predicted octanol–water partition coefficient (Wildman–Crippen LogP) is 2.80. The molecule has 1 heterocycles. The van der Waals surface area contributed by atoms with Crippen molar-refractivity contribution in [1.82, 2.24) is 20.4 Å². The second kappa shape index (κ2) is 13.4. The maximum atomic E-state index is 13.3. The van der Waals surface area contributed by atoms with Crippen molar-refractivity contribution in [2.45, 2.75) is 6.54 Å². The highest BCUT2D eigenvalue weighted by atomic mass is 16.6. The van der Waals surface area contributed by atoms with Crippen molar-refractivity contribution in [3.63, 3.8) is 0 Å². The Kier molecular flexibility index (Phi) is 9.27. The Bertz CT molecular complexity index is 1710. The van der Waals surface area contributed by atoms with E-state index in [1.807, 2.05) is 0 Å². The third-order valence-corrected chi connectivity index (χ3v) is 5.98. The molecule has 0 atom stereocenters. The number of nitro groups is 1. The number of phenols is 2. The number of aromatic nitrogens is 2. The fourth-order valence-corrected chi connectivity index (χ4v) is 3.78. The number of carbonyl (C=O) groups excluding carboxylic acids is 2. The zero-order valence-corrected chi connectivity index (χ0v) is 22.8. The molecule has 0 radical (unpaired) electrons. The van der Waals surface area contributed by atoms with E-state index in [9.17, 15) is 29.9 Å². The molecule has 43 heavy (non-hydrogen) atoms. The standard InChI is InChI=1S/C28H25N7O8/c1-42-21-7-9-23(36)18(11-21)13-30-32-27(38)25-26(28(39)33-31-14-19-12-22(43-2)8-10-24(19)37)34(16-29-25)15-17-3-5-20(6-4-17)35(40)41/h3-14,16,36-37H,15H2,1-2H3,(H,32,38)(H,33,39). The Morgan fingerprint density at radius 1 is 0.907 bits per heavy atom. The molecule has 0 fully saturated rings. The van der Waals surface area contributed by atoms with Gasteiger partial charge < -0.3 is 24.3 Å². The molecule has 0 saturated carbocycles. The maximum Gasteiger partial charge on any atom is 0.292 e. The summed E-state index contributed by atoms with van der Waals surface area (Å²) < 4.78 is 11.6. The van der Waals surface area contributed by atoms with Crippen LogP contribution in [0.1, 0.15) is 37.7 Å². The first-order valence-corrected chi connectivity index (χ1v) is 12.4. The molecule has 0 aliphatic carbocycles. The van der Waals surface area contributed by atoms with Gasteiger partial charge >= 0.3 is 0 Å². The molecule has 2 amide bonds. The third-order valence-electron chi connectivity index (χ3n) is 5.98. The van der Waals surface area contributed by atoms with Crippen molar-refractivity contribution in [2.24, 2.45) is 10.2 Å². The molecule has 0 aliphatic heterocycles. The molecule has 0 spiro atoms. The topological polar surface area (TPSA) is 203 Å². The Morgan fingerprint density at radius 2 is 1.44 bits per heavy atom. The molecule has 4 aromatic rings. The molecule has 4 rings (SSSR count). The van der Waals surface area contributed by atoms with Gasteiger partial charge in [-0.3, -0.25) is 19.7 Å². The van der Waals surface area contributed by atoms with Gasteiger partial charge in [0.05, 0.1) is 37.9 Å². The third kappa shape index (κ3) is 7.29. The zero-order valence-electron chi connectivity index (χ0n) is 22.8. The molecule has 220 valence electrons. The molecule has 0 unspecified atom stereocenters. The number of non-ortho nitro benzene ring substituents is 1. The minimum absolute atomic E-state index is 0.0301. The SMILES string of the molecule is COc1ccc(O)c(C=NNC(=O)c2ncn(Cc3ccc([N+](=O)[O-])cc3)c2C(=O)NN=Cc2cc(OC)ccc2O)c1. The molecule has 3 aromatic carbocycles. The molecular weight excluding hydrogens is 562 g/mol. The lowest BCUT2D eigenvalue weighted by Crippen LogP contribution is -2.27. The highest BCUT2D eigenvalue weighted by Gasteiger charge is 2.24. The second-order valence-corrected chi connectivity index (χ2v) is 8.74. The maximum absolute atomic E-state index is 13.3. The summed E-state index contributed by atoms with van der Waals surface area (Å²) in [5.41, 5.74) is 5.08.